The predicted octanol–water partition coefficient (Wildman–Crippen LogP) is 5.21. The monoisotopic (exact) mass is 435 g/mol. The molecule has 0 aliphatic rings. The Morgan fingerprint density at radius 1 is 0.963 bits per heavy atom. The molecule has 0 aliphatic heterocycles. The van der Waals surface area contributed by atoms with Gasteiger partial charge in [0.2, 0.25) is 0 Å². The summed E-state index contributed by atoms with van der Waals surface area (Å²) in [5.74, 6) is -0.0244. The maximum atomic E-state index is 12.7. The van der Waals surface area contributed by atoms with Gasteiger partial charge >= 0.3 is 14.5 Å². The van der Waals surface area contributed by atoms with Gasteiger partial charge in [0.05, 0.1) is 6.54 Å². The number of hydrogen-bond acceptors (Lipinski definition) is 5. The van der Waals surface area contributed by atoms with E-state index in [0.717, 1.165) is 50.2 Å². The van der Waals surface area contributed by atoms with Crippen LogP contribution in [0.4, 0.5) is 0 Å². The molecule has 0 saturated carbocycles. The van der Waals surface area contributed by atoms with Crippen LogP contribution in [-0.2, 0) is 18.1 Å². The summed E-state index contributed by atoms with van der Waals surface area (Å²) >= 11 is 0. The molecule has 0 radical (unpaired) electrons. The van der Waals surface area contributed by atoms with E-state index in [1.54, 1.807) is 7.11 Å². The maximum Gasteiger partial charge on any atom is 0.334 e. The van der Waals surface area contributed by atoms with Crippen LogP contribution >= 0.6 is 0 Å². The van der Waals surface area contributed by atoms with Crippen LogP contribution < -0.4 is 0 Å². The van der Waals surface area contributed by atoms with Crippen molar-refractivity contribution in [3.05, 3.63) is 0 Å². The topological polar surface area (TPSA) is 48.0 Å². The summed E-state index contributed by atoms with van der Waals surface area (Å²) in [6.45, 7) is 19.7. The van der Waals surface area contributed by atoms with Gasteiger partial charge in [-0.3, -0.25) is 4.79 Å². The zero-order chi connectivity index (χ0) is 21.1. The third-order valence-electron chi connectivity index (χ3n) is 5.63. The molecule has 0 amide bonds. The lowest BCUT2D eigenvalue weighted by molar-refractivity contribution is -0.135. The molecule has 1 unspecified atom stereocenters. The molecule has 0 aromatic rings. The fraction of sp³-hybridized carbons (Fsp3) is 0.947. The Hall–Kier alpha value is 0.000649. The van der Waals surface area contributed by atoms with Gasteiger partial charge in [-0.2, -0.15) is 0 Å². The van der Waals surface area contributed by atoms with Gasteiger partial charge in [-0.1, -0.05) is 47.3 Å². The van der Waals surface area contributed by atoms with Gasteiger partial charge < -0.3 is 17.8 Å². The van der Waals surface area contributed by atoms with Crippen molar-refractivity contribution in [2.24, 2.45) is 0 Å². The summed E-state index contributed by atoms with van der Waals surface area (Å²) in [5, 5.41) is 0. The van der Waals surface area contributed by atoms with E-state index < -0.39 is 25.1 Å². The van der Waals surface area contributed by atoms with E-state index in [2.05, 4.69) is 58.4 Å². The molecule has 8 heteroatoms. The van der Waals surface area contributed by atoms with Gasteiger partial charge in [-0.05, 0) is 50.1 Å². The van der Waals surface area contributed by atoms with Crippen molar-refractivity contribution in [3.8, 4) is 0 Å². The molecule has 0 aromatic heterocycles. The van der Waals surface area contributed by atoms with Gasteiger partial charge in [-0.25, -0.2) is 0 Å². The van der Waals surface area contributed by atoms with E-state index in [1.165, 1.54) is 0 Å². The van der Waals surface area contributed by atoms with Crippen molar-refractivity contribution in [1.29, 1.82) is 0 Å². The van der Waals surface area contributed by atoms with Gasteiger partial charge in [-0.15, -0.1) is 0 Å². The minimum atomic E-state index is -2.09. The minimum absolute atomic E-state index is 0.0244. The fourth-order valence-electron chi connectivity index (χ4n) is 3.19. The first-order valence-electron chi connectivity index (χ1n) is 10.7. The second-order valence-electron chi connectivity index (χ2n) is 8.60. The van der Waals surface area contributed by atoms with Crippen LogP contribution in [0.3, 0.4) is 0 Å². The number of carbonyl (C=O) groups excluding carboxylic acids is 1. The molecule has 0 fully saturated rings. The molecule has 1 atom stereocenters. The Morgan fingerprint density at radius 3 is 1.93 bits per heavy atom. The molecule has 0 bridgehead atoms. The van der Waals surface area contributed by atoms with E-state index in [-0.39, 0.29) is 5.97 Å². The van der Waals surface area contributed by atoms with Crippen molar-refractivity contribution >= 4 is 31.1 Å². The van der Waals surface area contributed by atoms with Crippen LogP contribution in [0.15, 0.2) is 0 Å². The second kappa shape index (κ2) is 12.5. The molecule has 0 saturated heterocycles. The summed E-state index contributed by atoms with van der Waals surface area (Å²) in [4.78, 5) is 12.7. The molecule has 0 aliphatic carbocycles. The quantitative estimate of drug-likeness (QED) is 0.331. The lowest BCUT2D eigenvalue weighted by atomic mass is 10.4. The van der Waals surface area contributed by atoms with Crippen molar-refractivity contribution < 1.29 is 18.1 Å². The molecule has 0 aromatic carbocycles. The highest BCUT2D eigenvalue weighted by Gasteiger charge is 2.35. The SMILES string of the molecule is CCCO[Si](C)(CCCN(CC(=O)O[Si](CC)(CC)CC)[Si](C)(C)C)OC. The maximum absolute atomic E-state index is 12.7. The van der Waals surface area contributed by atoms with Gasteiger partial charge in [0.15, 0.2) is 0 Å². The summed E-state index contributed by atoms with van der Waals surface area (Å²) < 4.78 is 20.2. The van der Waals surface area contributed by atoms with Crippen LogP contribution in [0.2, 0.25) is 50.4 Å². The third-order valence-corrected chi connectivity index (χ3v) is 15.4. The zero-order valence-electron chi connectivity index (χ0n) is 19.4. The molecule has 0 heterocycles. The molecule has 162 valence electrons. The first kappa shape index (κ1) is 27.0. The molecule has 0 N–H and O–H groups in total. The lowest BCUT2D eigenvalue weighted by Gasteiger charge is -2.36. The Labute approximate surface area is 171 Å². The van der Waals surface area contributed by atoms with Crippen LogP contribution in [0.25, 0.3) is 0 Å². The van der Waals surface area contributed by atoms with Crippen molar-refractivity contribution in [2.45, 2.75) is 90.9 Å². The van der Waals surface area contributed by atoms with Crippen LogP contribution in [-0.4, -0.2) is 62.5 Å². The first-order chi connectivity index (χ1) is 12.5. The lowest BCUT2D eigenvalue weighted by Crippen LogP contribution is -2.51. The summed E-state index contributed by atoms with van der Waals surface area (Å²) in [5.41, 5.74) is 0. The summed E-state index contributed by atoms with van der Waals surface area (Å²) in [7, 11) is -3.81. The molecule has 27 heavy (non-hydrogen) atoms. The van der Waals surface area contributed by atoms with Crippen LogP contribution in [0.1, 0.15) is 40.5 Å². The van der Waals surface area contributed by atoms with Crippen LogP contribution in [0.5, 0.6) is 0 Å². The number of nitrogens with zero attached hydrogens (tertiary/aromatic N) is 1. The Bertz CT molecular complexity index is 419. The van der Waals surface area contributed by atoms with E-state index in [0.29, 0.717) is 6.54 Å². The minimum Gasteiger partial charge on any atom is -0.518 e. The average Bonchev–Trinajstić information content (AvgIpc) is 2.63. The van der Waals surface area contributed by atoms with Gasteiger partial charge in [0.25, 0.3) is 8.32 Å². The summed E-state index contributed by atoms with van der Waals surface area (Å²) in [6.07, 6.45) is 2.01. The van der Waals surface area contributed by atoms with Crippen LogP contribution in [0, 0.1) is 0 Å². The molecule has 5 nitrogen and oxygen atoms in total. The van der Waals surface area contributed by atoms with Gasteiger partial charge in [0.1, 0.15) is 8.24 Å². The smallest absolute Gasteiger partial charge is 0.334 e. The number of hydrogen-bond donors (Lipinski definition) is 0. The van der Waals surface area contributed by atoms with Crippen molar-refractivity contribution in [3.63, 3.8) is 0 Å². The highest BCUT2D eigenvalue weighted by atomic mass is 28.4. The number of carbonyl (C=O) groups is 1. The molecule has 0 spiro atoms. The highest BCUT2D eigenvalue weighted by Crippen LogP contribution is 2.23. The normalized spacial score (nSPS) is 15.0. The first-order valence-corrected chi connectivity index (χ1v) is 19.2. The Kier molecular flexibility index (Phi) is 12.5. The molecule has 0 rings (SSSR count). The molecular weight excluding hydrogens is 390 g/mol. The fourth-order valence-corrected chi connectivity index (χ4v) is 9.01. The number of rotatable bonds is 15. The largest absolute Gasteiger partial charge is 0.518 e. The zero-order valence-corrected chi connectivity index (χ0v) is 22.4. The van der Waals surface area contributed by atoms with E-state index in [1.807, 2.05) is 0 Å². The van der Waals surface area contributed by atoms with Crippen molar-refractivity contribution in [2.75, 3.05) is 26.8 Å². The van der Waals surface area contributed by atoms with E-state index in [9.17, 15) is 4.79 Å². The molecular formula is C19H45NO4Si3. The van der Waals surface area contributed by atoms with Gasteiger partial charge in [0, 0.05) is 13.7 Å². The third kappa shape index (κ3) is 9.85. The predicted molar refractivity (Wildman–Crippen MR) is 123 cm³/mol. The van der Waals surface area contributed by atoms with E-state index >= 15 is 0 Å². The Balaban J connectivity index is 4.84. The standard InChI is InChI=1S/C19H45NO4Si3/c1-10-16-23-26(9,22-5)17-14-15-20(25(6,7)8)18-19(21)24-27(11-2,12-3)13-4/h10-18H2,1-9H3. The Morgan fingerprint density at radius 2 is 1.52 bits per heavy atom. The highest BCUT2D eigenvalue weighted by molar-refractivity contribution is 6.75. The summed E-state index contributed by atoms with van der Waals surface area (Å²) in [6, 6.07) is 3.97. The van der Waals surface area contributed by atoms with Crippen molar-refractivity contribution in [1.82, 2.24) is 4.57 Å². The average molecular weight is 436 g/mol. The second-order valence-corrected chi connectivity index (χ2v) is 21.7. The van der Waals surface area contributed by atoms with E-state index in [4.69, 9.17) is 13.3 Å².